The largest absolute Gasteiger partial charge is 0.371 e. The van der Waals surface area contributed by atoms with Crippen LogP contribution < -0.4 is 11.1 Å². The zero-order chi connectivity index (χ0) is 14.3. The van der Waals surface area contributed by atoms with Crippen LogP contribution in [0.5, 0.6) is 0 Å². The summed E-state index contributed by atoms with van der Waals surface area (Å²) >= 11 is 0. The first-order valence-corrected chi connectivity index (χ1v) is 7.37. The first kappa shape index (κ1) is 13.4. The minimum absolute atomic E-state index is 0.219. The lowest BCUT2D eigenvalue weighted by Crippen LogP contribution is -2.59. The molecule has 3 N–H and O–H groups in total. The number of anilines is 1. The van der Waals surface area contributed by atoms with Gasteiger partial charge < -0.3 is 16.0 Å². The highest BCUT2D eigenvalue weighted by Crippen LogP contribution is 2.41. The second kappa shape index (κ2) is 4.77. The molecule has 2 heterocycles. The first-order valence-electron chi connectivity index (χ1n) is 7.37. The van der Waals surface area contributed by atoms with Crippen LogP contribution >= 0.6 is 0 Å². The number of carbonyl (C=O) groups is 1. The van der Waals surface area contributed by atoms with Gasteiger partial charge in [-0.2, -0.15) is 0 Å². The minimum Gasteiger partial charge on any atom is -0.371 e. The Labute approximate surface area is 120 Å². The number of piperidine rings is 1. The molecule has 1 aromatic rings. The third-order valence-electron chi connectivity index (χ3n) is 5.06. The number of aryl methyl sites for hydroxylation is 1. The van der Waals surface area contributed by atoms with E-state index >= 15 is 0 Å². The zero-order valence-electron chi connectivity index (χ0n) is 12.2. The predicted octanol–water partition coefficient (Wildman–Crippen LogP) is 1.89. The summed E-state index contributed by atoms with van der Waals surface area (Å²) in [5.41, 5.74) is 7.37. The van der Waals surface area contributed by atoms with Crippen LogP contribution in [0.3, 0.4) is 0 Å². The van der Waals surface area contributed by atoms with Gasteiger partial charge in [0, 0.05) is 17.8 Å². The van der Waals surface area contributed by atoms with Crippen LogP contribution in [0.15, 0.2) is 24.3 Å². The quantitative estimate of drug-likeness (QED) is 0.884. The number of hydrogen-bond acceptors (Lipinski definition) is 3. The van der Waals surface area contributed by atoms with Crippen molar-refractivity contribution in [3.05, 3.63) is 29.8 Å². The van der Waals surface area contributed by atoms with Gasteiger partial charge in [-0.15, -0.1) is 0 Å². The van der Waals surface area contributed by atoms with E-state index in [9.17, 15) is 4.79 Å². The van der Waals surface area contributed by atoms with Crippen molar-refractivity contribution in [1.29, 1.82) is 0 Å². The van der Waals surface area contributed by atoms with Crippen molar-refractivity contribution in [1.82, 2.24) is 4.90 Å². The highest BCUT2D eigenvalue weighted by molar-refractivity contribution is 5.88. The van der Waals surface area contributed by atoms with Crippen molar-refractivity contribution >= 4 is 11.6 Å². The highest BCUT2D eigenvalue weighted by atomic mass is 16.1. The van der Waals surface area contributed by atoms with Gasteiger partial charge in [0.2, 0.25) is 5.91 Å². The lowest BCUT2D eigenvalue weighted by atomic mass is 9.82. The van der Waals surface area contributed by atoms with Crippen molar-refractivity contribution in [2.45, 2.75) is 50.2 Å². The Kier molecular flexibility index (Phi) is 3.21. The molecule has 1 aromatic carbocycles. The van der Waals surface area contributed by atoms with Gasteiger partial charge in [-0.3, -0.25) is 4.79 Å². The van der Waals surface area contributed by atoms with Gasteiger partial charge in [-0.05, 0) is 51.8 Å². The van der Waals surface area contributed by atoms with Crippen LogP contribution in [0.25, 0.3) is 0 Å². The average Bonchev–Trinajstić information content (AvgIpc) is 2.64. The molecule has 20 heavy (non-hydrogen) atoms. The van der Waals surface area contributed by atoms with Gasteiger partial charge in [-0.25, -0.2) is 0 Å². The fraction of sp³-hybridized carbons (Fsp3) is 0.562. The van der Waals surface area contributed by atoms with E-state index in [1.807, 2.05) is 12.1 Å². The number of hydrogen-bond donors (Lipinski definition) is 2. The van der Waals surface area contributed by atoms with Crippen LogP contribution in [-0.2, 0) is 4.79 Å². The van der Waals surface area contributed by atoms with Crippen molar-refractivity contribution in [3.8, 4) is 0 Å². The molecule has 4 heteroatoms. The van der Waals surface area contributed by atoms with E-state index in [2.05, 4.69) is 36.3 Å². The fourth-order valence-corrected chi connectivity index (χ4v) is 3.75. The van der Waals surface area contributed by atoms with Crippen LogP contribution in [0.4, 0.5) is 5.69 Å². The highest BCUT2D eigenvalue weighted by Gasteiger charge is 2.50. The number of nitrogens with two attached hydrogens (primary N) is 1. The maximum absolute atomic E-state index is 12.1. The summed E-state index contributed by atoms with van der Waals surface area (Å²) in [5.74, 6) is -0.219. The molecule has 2 atom stereocenters. The molecule has 4 nitrogen and oxygen atoms in total. The van der Waals surface area contributed by atoms with Gasteiger partial charge >= 0.3 is 0 Å². The van der Waals surface area contributed by atoms with Gasteiger partial charge in [0.15, 0.2) is 0 Å². The zero-order valence-corrected chi connectivity index (χ0v) is 12.2. The van der Waals surface area contributed by atoms with Crippen molar-refractivity contribution in [2.75, 3.05) is 12.4 Å². The number of primary amides is 1. The van der Waals surface area contributed by atoms with Gasteiger partial charge in [0.05, 0.1) is 0 Å². The SMILES string of the molecule is Cc1ccc(NC2(C(N)=O)CC3CCC(C2)N3C)cc1. The molecule has 2 aliphatic rings. The Morgan fingerprint density at radius 1 is 1.25 bits per heavy atom. The molecule has 0 radical (unpaired) electrons. The summed E-state index contributed by atoms with van der Waals surface area (Å²) in [6.45, 7) is 2.06. The van der Waals surface area contributed by atoms with Crippen LogP contribution in [0.1, 0.15) is 31.2 Å². The summed E-state index contributed by atoms with van der Waals surface area (Å²) in [7, 11) is 2.17. The Balaban J connectivity index is 1.86. The molecule has 0 aliphatic carbocycles. The number of amides is 1. The van der Waals surface area contributed by atoms with Crippen molar-refractivity contribution < 1.29 is 4.79 Å². The molecule has 0 saturated carbocycles. The van der Waals surface area contributed by atoms with Gasteiger partial charge in [0.25, 0.3) is 0 Å². The number of benzene rings is 1. The Morgan fingerprint density at radius 2 is 1.80 bits per heavy atom. The van der Waals surface area contributed by atoms with E-state index in [1.54, 1.807) is 0 Å². The number of nitrogens with one attached hydrogen (secondary N) is 1. The molecule has 2 unspecified atom stereocenters. The van der Waals surface area contributed by atoms with E-state index in [4.69, 9.17) is 5.73 Å². The summed E-state index contributed by atoms with van der Waals surface area (Å²) in [4.78, 5) is 14.5. The minimum atomic E-state index is -0.590. The summed E-state index contributed by atoms with van der Waals surface area (Å²) in [6.07, 6.45) is 3.96. The molecule has 2 aliphatic heterocycles. The third-order valence-corrected chi connectivity index (χ3v) is 5.06. The molecular formula is C16H23N3O. The summed E-state index contributed by atoms with van der Waals surface area (Å²) < 4.78 is 0. The van der Waals surface area contributed by atoms with E-state index in [0.29, 0.717) is 12.1 Å². The smallest absolute Gasteiger partial charge is 0.243 e. The number of carbonyl (C=O) groups excluding carboxylic acids is 1. The normalized spacial score (nSPS) is 33.1. The summed E-state index contributed by atoms with van der Waals surface area (Å²) in [5, 5.41) is 3.44. The molecule has 0 aromatic heterocycles. The van der Waals surface area contributed by atoms with Gasteiger partial charge in [-0.1, -0.05) is 17.7 Å². The van der Waals surface area contributed by atoms with Gasteiger partial charge in [0.1, 0.15) is 5.54 Å². The van der Waals surface area contributed by atoms with Crippen LogP contribution in [-0.4, -0.2) is 35.5 Å². The topological polar surface area (TPSA) is 58.4 Å². The molecule has 2 fully saturated rings. The molecule has 2 saturated heterocycles. The third kappa shape index (κ3) is 2.18. The average molecular weight is 273 g/mol. The Morgan fingerprint density at radius 3 is 2.30 bits per heavy atom. The second-order valence-electron chi connectivity index (χ2n) is 6.40. The number of nitrogens with zero attached hydrogens (tertiary/aromatic N) is 1. The maximum Gasteiger partial charge on any atom is 0.243 e. The Bertz CT molecular complexity index is 497. The number of rotatable bonds is 3. The number of fused-ring (bicyclic) bond motifs is 2. The van der Waals surface area contributed by atoms with E-state index in [-0.39, 0.29) is 5.91 Å². The Hall–Kier alpha value is -1.55. The monoisotopic (exact) mass is 273 g/mol. The molecule has 0 spiro atoms. The van der Waals surface area contributed by atoms with Crippen molar-refractivity contribution in [3.63, 3.8) is 0 Å². The molecule has 3 rings (SSSR count). The standard InChI is InChI=1S/C16H23N3O/c1-11-3-5-12(6-4-11)18-16(15(17)20)9-13-7-8-14(10-16)19(13)2/h3-6,13-14,18H,7-10H2,1-2H3,(H2,17,20). The van der Waals surface area contributed by atoms with Crippen molar-refractivity contribution in [2.24, 2.45) is 5.73 Å². The van der Waals surface area contributed by atoms with Crippen LogP contribution in [0, 0.1) is 6.92 Å². The molecular weight excluding hydrogens is 250 g/mol. The van der Waals surface area contributed by atoms with E-state index in [1.165, 1.54) is 18.4 Å². The van der Waals surface area contributed by atoms with Crippen LogP contribution in [0.2, 0.25) is 0 Å². The molecule has 1 amide bonds. The second-order valence-corrected chi connectivity index (χ2v) is 6.40. The lowest BCUT2D eigenvalue weighted by Gasteiger charge is -2.44. The fourth-order valence-electron chi connectivity index (χ4n) is 3.75. The molecule has 108 valence electrons. The predicted molar refractivity (Wildman–Crippen MR) is 80.5 cm³/mol. The molecule has 2 bridgehead atoms. The maximum atomic E-state index is 12.1. The lowest BCUT2D eigenvalue weighted by molar-refractivity contribution is -0.124. The first-order chi connectivity index (χ1) is 9.50. The van der Waals surface area contributed by atoms with E-state index in [0.717, 1.165) is 18.5 Å². The summed E-state index contributed by atoms with van der Waals surface area (Å²) in [6, 6.07) is 9.11. The van der Waals surface area contributed by atoms with E-state index < -0.39 is 5.54 Å².